The molecule has 2 aromatic carbocycles. The Morgan fingerprint density at radius 1 is 1.10 bits per heavy atom. The van der Waals surface area contributed by atoms with E-state index in [1.807, 2.05) is 54.6 Å². The molecule has 4 nitrogen and oxygen atoms in total. The summed E-state index contributed by atoms with van der Waals surface area (Å²) in [6.07, 6.45) is 0. The third kappa shape index (κ3) is 2.64. The highest BCUT2D eigenvalue weighted by atomic mass is 79.9. The SMILES string of the molecule is COc1ccc(Br)c(-c2cc(N)n(-c3ccccc3)n2)c1. The lowest BCUT2D eigenvalue weighted by molar-refractivity contribution is 0.415. The van der Waals surface area contributed by atoms with Gasteiger partial charge in [-0.05, 0) is 30.3 Å². The number of nitrogens with two attached hydrogens (primary N) is 1. The van der Waals surface area contributed by atoms with E-state index < -0.39 is 0 Å². The lowest BCUT2D eigenvalue weighted by Crippen LogP contribution is -2.01. The summed E-state index contributed by atoms with van der Waals surface area (Å²) in [4.78, 5) is 0. The summed E-state index contributed by atoms with van der Waals surface area (Å²) in [6.45, 7) is 0. The highest BCUT2D eigenvalue weighted by Crippen LogP contribution is 2.32. The van der Waals surface area contributed by atoms with Crippen LogP contribution in [0, 0.1) is 0 Å². The predicted molar refractivity (Wildman–Crippen MR) is 87.7 cm³/mol. The molecule has 0 amide bonds. The first-order chi connectivity index (χ1) is 10.2. The quantitative estimate of drug-likeness (QED) is 0.784. The van der Waals surface area contributed by atoms with Gasteiger partial charge in [0.05, 0.1) is 18.5 Å². The van der Waals surface area contributed by atoms with Crippen molar-refractivity contribution in [3.63, 3.8) is 0 Å². The van der Waals surface area contributed by atoms with Gasteiger partial charge in [-0.25, -0.2) is 4.68 Å². The van der Waals surface area contributed by atoms with Crippen molar-refractivity contribution in [2.75, 3.05) is 12.8 Å². The second kappa shape index (κ2) is 5.61. The number of ether oxygens (including phenoxy) is 1. The van der Waals surface area contributed by atoms with Crippen molar-refractivity contribution >= 4 is 21.7 Å². The second-order valence-corrected chi connectivity index (χ2v) is 5.40. The van der Waals surface area contributed by atoms with Crippen molar-refractivity contribution in [3.05, 3.63) is 59.1 Å². The Morgan fingerprint density at radius 3 is 2.57 bits per heavy atom. The Hall–Kier alpha value is -2.27. The normalized spacial score (nSPS) is 10.6. The maximum Gasteiger partial charge on any atom is 0.127 e. The van der Waals surface area contributed by atoms with Gasteiger partial charge in [0.15, 0.2) is 0 Å². The fraction of sp³-hybridized carbons (Fsp3) is 0.0625. The van der Waals surface area contributed by atoms with E-state index in [0.717, 1.165) is 27.2 Å². The largest absolute Gasteiger partial charge is 0.497 e. The number of hydrogen-bond acceptors (Lipinski definition) is 3. The summed E-state index contributed by atoms with van der Waals surface area (Å²) in [5.74, 6) is 1.37. The van der Waals surface area contributed by atoms with Crippen LogP contribution < -0.4 is 10.5 Å². The van der Waals surface area contributed by atoms with Crippen LogP contribution in [0.3, 0.4) is 0 Å². The van der Waals surface area contributed by atoms with Crippen molar-refractivity contribution < 1.29 is 4.74 Å². The topological polar surface area (TPSA) is 53.1 Å². The van der Waals surface area contributed by atoms with E-state index in [2.05, 4.69) is 21.0 Å². The van der Waals surface area contributed by atoms with Crippen molar-refractivity contribution in [1.82, 2.24) is 9.78 Å². The molecule has 0 radical (unpaired) electrons. The summed E-state index contributed by atoms with van der Waals surface area (Å²) < 4.78 is 7.94. The number of anilines is 1. The van der Waals surface area contributed by atoms with Gasteiger partial charge in [0.2, 0.25) is 0 Å². The van der Waals surface area contributed by atoms with Gasteiger partial charge in [0.1, 0.15) is 11.6 Å². The molecule has 0 saturated carbocycles. The molecule has 3 aromatic rings. The summed E-state index contributed by atoms with van der Waals surface area (Å²) in [6, 6.07) is 17.4. The van der Waals surface area contributed by atoms with Gasteiger partial charge < -0.3 is 10.5 Å². The molecule has 106 valence electrons. The van der Waals surface area contributed by atoms with Gasteiger partial charge in [-0.15, -0.1) is 0 Å². The van der Waals surface area contributed by atoms with Crippen LogP contribution in [-0.2, 0) is 0 Å². The summed E-state index contributed by atoms with van der Waals surface area (Å²) in [7, 11) is 1.64. The molecule has 1 heterocycles. The molecule has 0 bridgehead atoms. The van der Waals surface area contributed by atoms with Crippen LogP contribution in [0.2, 0.25) is 0 Å². The molecule has 0 aliphatic rings. The summed E-state index contributed by atoms with van der Waals surface area (Å²) in [5, 5.41) is 4.59. The fourth-order valence-corrected chi connectivity index (χ4v) is 2.58. The molecule has 3 rings (SSSR count). The summed E-state index contributed by atoms with van der Waals surface area (Å²) >= 11 is 3.54. The van der Waals surface area contributed by atoms with Gasteiger partial charge in [-0.3, -0.25) is 0 Å². The van der Waals surface area contributed by atoms with E-state index in [9.17, 15) is 0 Å². The van der Waals surface area contributed by atoms with Crippen LogP contribution in [0.15, 0.2) is 59.1 Å². The van der Waals surface area contributed by atoms with Crippen LogP contribution in [0.1, 0.15) is 0 Å². The Balaban J connectivity index is 2.09. The van der Waals surface area contributed by atoms with E-state index in [1.54, 1.807) is 11.8 Å². The molecule has 0 aliphatic heterocycles. The molecule has 0 spiro atoms. The van der Waals surface area contributed by atoms with Gasteiger partial charge in [0.25, 0.3) is 0 Å². The van der Waals surface area contributed by atoms with Gasteiger partial charge in [-0.1, -0.05) is 34.1 Å². The number of aromatic nitrogens is 2. The molecule has 0 unspecified atom stereocenters. The predicted octanol–water partition coefficient (Wildman–Crippen LogP) is 3.89. The molecule has 0 fully saturated rings. The Bertz CT molecular complexity index is 768. The van der Waals surface area contributed by atoms with E-state index in [4.69, 9.17) is 10.5 Å². The number of para-hydroxylation sites is 1. The molecule has 0 saturated heterocycles. The van der Waals surface area contributed by atoms with Crippen molar-refractivity contribution in [1.29, 1.82) is 0 Å². The fourth-order valence-electron chi connectivity index (χ4n) is 2.13. The highest BCUT2D eigenvalue weighted by Gasteiger charge is 2.12. The molecular formula is C16H14BrN3O. The zero-order valence-electron chi connectivity index (χ0n) is 11.5. The maximum absolute atomic E-state index is 6.09. The summed E-state index contributed by atoms with van der Waals surface area (Å²) in [5.41, 5.74) is 8.75. The average Bonchev–Trinajstić information content (AvgIpc) is 2.90. The standard InChI is InChI=1S/C16H14BrN3O/c1-21-12-7-8-14(17)13(9-12)15-10-16(18)20(19-15)11-5-3-2-4-6-11/h2-10H,18H2,1H3. The number of nitrogen functional groups attached to an aromatic ring is 1. The van der Waals surface area contributed by atoms with Crippen LogP contribution in [0.4, 0.5) is 5.82 Å². The zero-order valence-corrected chi connectivity index (χ0v) is 13.0. The van der Waals surface area contributed by atoms with Crippen molar-refractivity contribution in [2.45, 2.75) is 0 Å². The molecule has 1 aromatic heterocycles. The third-order valence-corrected chi connectivity index (χ3v) is 3.88. The number of halogens is 1. The minimum absolute atomic E-state index is 0.589. The molecule has 2 N–H and O–H groups in total. The van der Waals surface area contributed by atoms with Crippen LogP contribution in [0.5, 0.6) is 5.75 Å². The first-order valence-electron chi connectivity index (χ1n) is 6.44. The minimum Gasteiger partial charge on any atom is -0.497 e. The monoisotopic (exact) mass is 343 g/mol. The van der Waals surface area contributed by atoms with Crippen LogP contribution in [-0.4, -0.2) is 16.9 Å². The highest BCUT2D eigenvalue weighted by molar-refractivity contribution is 9.10. The number of rotatable bonds is 3. The van der Waals surface area contributed by atoms with Gasteiger partial charge >= 0.3 is 0 Å². The minimum atomic E-state index is 0.589. The number of nitrogens with zero attached hydrogens (tertiary/aromatic N) is 2. The lowest BCUT2D eigenvalue weighted by atomic mass is 10.1. The first kappa shape index (κ1) is 13.7. The van der Waals surface area contributed by atoms with Crippen molar-refractivity contribution in [3.8, 4) is 22.7 Å². The molecule has 5 heteroatoms. The van der Waals surface area contributed by atoms with Crippen LogP contribution >= 0.6 is 15.9 Å². The third-order valence-electron chi connectivity index (χ3n) is 3.19. The lowest BCUT2D eigenvalue weighted by Gasteiger charge is -2.05. The van der Waals surface area contributed by atoms with E-state index >= 15 is 0 Å². The Labute approximate surface area is 131 Å². The second-order valence-electron chi connectivity index (χ2n) is 4.55. The Kier molecular flexibility index (Phi) is 3.66. The van der Waals surface area contributed by atoms with Crippen molar-refractivity contribution in [2.24, 2.45) is 0 Å². The molecule has 0 atom stereocenters. The zero-order chi connectivity index (χ0) is 14.8. The molecular weight excluding hydrogens is 330 g/mol. The van der Waals surface area contributed by atoms with Gasteiger partial charge in [-0.2, -0.15) is 5.10 Å². The average molecular weight is 344 g/mol. The number of hydrogen-bond donors (Lipinski definition) is 1. The van der Waals surface area contributed by atoms with Crippen LogP contribution in [0.25, 0.3) is 16.9 Å². The molecule has 0 aliphatic carbocycles. The van der Waals surface area contributed by atoms with E-state index in [0.29, 0.717) is 5.82 Å². The Morgan fingerprint density at radius 2 is 1.86 bits per heavy atom. The molecule has 21 heavy (non-hydrogen) atoms. The smallest absolute Gasteiger partial charge is 0.127 e. The first-order valence-corrected chi connectivity index (χ1v) is 7.23. The van der Waals surface area contributed by atoms with Gasteiger partial charge in [0, 0.05) is 16.1 Å². The van der Waals surface area contributed by atoms with E-state index in [-0.39, 0.29) is 0 Å². The van der Waals surface area contributed by atoms with E-state index in [1.165, 1.54) is 0 Å². The number of benzene rings is 2. The number of methoxy groups -OCH3 is 1. The maximum atomic E-state index is 6.09.